The van der Waals surface area contributed by atoms with Crippen molar-refractivity contribution < 1.29 is 18.3 Å². The number of rotatable bonds is 5. The standard InChI is InChI=1S/C14H16F2N6O2/c1-22(2)12-18-10(19-14(21-12)24-3)7-17-13(23)20-11-8(15)5-4-6-9(11)16/h4-6H,7H2,1-3H3,(H2,17,20,23). The first kappa shape index (κ1) is 17.3. The first-order chi connectivity index (χ1) is 11.4. The van der Waals surface area contributed by atoms with Crippen LogP contribution in [0.4, 0.5) is 25.2 Å². The number of para-hydroxylation sites is 1. The highest BCUT2D eigenvalue weighted by atomic mass is 19.1. The second kappa shape index (κ2) is 7.49. The number of hydrogen-bond acceptors (Lipinski definition) is 6. The average molecular weight is 338 g/mol. The number of hydrogen-bond donors (Lipinski definition) is 2. The lowest BCUT2D eigenvalue weighted by atomic mass is 10.3. The van der Waals surface area contributed by atoms with Gasteiger partial charge in [-0.1, -0.05) is 6.07 Å². The molecule has 0 aliphatic carbocycles. The molecule has 0 spiro atoms. The van der Waals surface area contributed by atoms with Crippen molar-refractivity contribution in [3.8, 4) is 6.01 Å². The number of benzene rings is 1. The lowest BCUT2D eigenvalue weighted by molar-refractivity contribution is 0.251. The van der Waals surface area contributed by atoms with Crippen LogP contribution in [0.2, 0.25) is 0 Å². The summed E-state index contributed by atoms with van der Waals surface area (Å²) >= 11 is 0. The molecule has 0 aliphatic heterocycles. The molecule has 1 aromatic carbocycles. The van der Waals surface area contributed by atoms with Crippen molar-refractivity contribution in [2.24, 2.45) is 0 Å². The first-order valence-electron chi connectivity index (χ1n) is 6.86. The maximum atomic E-state index is 13.5. The van der Waals surface area contributed by atoms with Gasteiger partial charge in [-0.2, -0.15) is 15.0 Å². The third-order valence-corrected chi connectivity index (χ3v) is 2.84. The van der Waals surface area contributed by atoms with Crippen LogP contribution in [-0.4, -0.2) is 42.2 Å². The van der Waals surface area contributed by atoms with Gasteiger partial charge >= 0.3 is 12.0 Å². The van der Waals surface area contributed by atoms with E-state index in [0.717, 1.165) is 12.1 Å². The number of urea groups is 1. The van der Waals surface area contributed by atoms with Gasteiger partial charge in [-0.25, -0.2) is 13.6 Å². The van der Waals surface area contributed by atoms with Crippen LogP contribution in [0.3, 0.4) is 0 Å². The molecule has 0 saturated heterocycles. The summed E-state index contributed by atoms with van der Waals surface area (Å²) in [6, 6.07) is 2.57. The number of nitrogens with one attached hydrogen (secondary N) is 2. The Bertz CT molecular complexity index is 721. The molecule has 0 radical (unpaired) electrons. The molecule has 10 heteroatoms. The normalized spacial score (nSPS) is 10.2. The number of methoxy groups -OCH3 is 1. The number of amides is 2. The minimum atomic E-state index is -0.873. The highest BCUT2D eigenvalue weighted by Gasteiger charge is 2.13. The Morgan fingerprint density at radius 3 is 2.46 bits per heavy atom. The van der Waals surface area contributed by atoms with E-state index < -0.39 is 23.4 Å². The lowest BCUT2D eigenvalue weighted by Gasteiger charge is -2.13. The van der Waals surface area contributed by atoms with E-state index in [2.05, 4.69) is 25.6 Å². The van der Waals surface area contributed by atoms with Crippen LogP contribution in [0, 0.1) is 11.6 Å². The van der Waals surface area contributed by atoms with Crippen LogP contribution in [0.25, 0.3) is 0 Å². The van der Waals surface area contributed by atoms with Gasteiger partial charge in [0.2, 0.25) is 5.95 Å². The molecule has 0 bridgehead atoms. The largest absolute Gasteiger partial charge is 0.467 e. The molecule has 0 atom stereocenters. The molecule has 0 aliphatic rings. The number of anilines is 2. The van der Waals surface area contributed by atoms with Crippen molar-refractivity contribution in [3.05, 3.63) is 35.7 Å². The van der Waals surface area contributed by atoms with Gasteiger partial charge in [0, 0.05) is 14.1 Å². The number of carbonyl (C=O) groups is 1. The van der Waals surface area contributed by atoms with Crippen molar-refractivity contribution in [2.45, 2.75) is 6.54 Å². The summed E-state index contributed by atoms with van der Waals surface area (Å²) < 4.78 is 31.9. The molecule has 1 heterocycles. The van der Waals surface area contributed by atoms with Crippen molar-refractivity contribution in [1.29, 1.82) is 0 Å². The van der Waals surface area contributed by atoms with E-state index in [1.165, 1.54) is 13.2 Å². The quantitative estimate of drug-likeness (QED) is 0.859. The molecule has 2 rings (SSSR count). The van der Waals surface area contributed by atoms with Crippen LogP contribution in [0.1, 0.15) is 5.82 Å². The fourth-order valence-corrected chi connectivity index (χ4v) is 1.69. The number of ether oxygens (including phenoxy) is 1. The van der Waals surface area contributed by atoms with Crippen LogP contribution in [0.15, 0.2) is 18.2 Å². The van der Waals surface area contributed by atoms with Crippen molar-refractivity contribution >= 4 is 17.7 Å². The molecule has 8 nitrogen and oxygen atoms in total. The minimum Gasteiger partial charge on any atom is -0.467 e. The molecule has 0 saturated carbocycles. The van der Waals surface area contributed by atoms with Gasteiger partial charge in [0.05, 0.1) is 13.7 Å². The molecule has 2 N–H and O–H groups in total. The van der Waals surface area contributed by atoms with Gasteiger partial charge in [-0.15, -0.1) is 0 Å². The molecule has 1 aromatic heterocycles. The van der Waals surface area contributed by atoms with E-state index in [-0.39, 0.29) is 18.4 Å². The molecule has 2 amide bonds. The number of carbonyl (C=O) groups excluding carboxylic acids is 1. The monoisotopic (exact) mass is 338 g/mol. The summed E-state index contributed by atoms with van der Waals surface area (Å²) in [6.45, 7) is -0.0817. The van der Waals surface area contributed by atoms with E-state index in [1.54, 1.807) is 19.0 Å². The third-order valence-electron chi connectivity index (χ3n) is 2.84. The SMILES string of the molecule is COc1nc(CNC(=O)Nc2c(F)cccc2F)nc(N(C)C)n1. The van der Waals surface area contributed by atoms with E-state index in [9.17, 15) is 13.6 Å². The summed E-state index contributed by atoms with van der Waals surface area (Å²) in [4.78, 5) is 25.6. The summed E-state index contributed by atoms with van der Waals surface area (Å²) in [5, 5.41) is 4.51. The van der Waals surface area contributed by atoms with Gasteiger partial charge in [0.25, 0.3) is 0 Å². The zero-order valence-electron chi connectivity index (χ0n) is 13.3. The van der Waals surface area contributed by atoms with E-state index in [0.29, 0.717) is 5.95 Å². The Labute approximate surface area is 136 Å². The average Bonchev–Trinajstić information content (AvgIpc) is 2.56. The molecule has 0 fully saturated rings. The molecular weight excluding hydrogens is 322 g/mol. The fraction of sp³-hybridized carbons (Fsp3) is 0.286. The van der Waals surface area contributed by atoms with Gasteiger partial charge < -0.3 is 20.3 Å². The maximum Gasteiger partial charge on any atom is 0.321 e. The fourth-order valence-electron chi connectivity index (χ4n) is 1.69. The lowest BCUT2D eigenvalue weighted by Crippen LogP contribution is -2.30. The summed E-state index contributed by atoms with van der Waals surface area (Å²) in [6.07, 6.45) is 0. The summed E-state index contributed by atoms with van der Waals surface area (Å²) in [7, 11) is 4.87. The smallest absolute Gasteiger partial charge is 0.321 e. The topological polar surface area (TPSA) is 92.3 Å². The Morgan fingerprint density at radius 1 is 1.21 bits per heavy atom. The van der Waals surface area contributed by atoms with Crippen LogP contribution < -0.4 is 20.3 Å². The predicted octanol–water partition coefficient (Wildman–Crippen LogP) is 1.55. The van der Waals surface area contributed by atoms with Gasteiger partial charge in [0.15, 0.2) is 5.82 Å². The van der Waals surface area contributed by atoms with Crippen LogP contribution >= 0.6 is 0 Å². The van der Waals surface area contributed by atoms with Crippen molar-refractivity contribution in [1.82, 2.24) is 20.3 Å². The van der Waals surface area contributed by atoms with Gasteiger partial charge in [-0.3, -0.25) is 0 Å². The number of nitrogens with zero attached hydrogens (tertiary/aromatic N) is 4. The summed E-state index contributed by atoms with van der Waals surface area (Å²) in [5.41, 5.74) is -0.530. The Morgan fingerprint density at radius 2 is 1.88 bits per heavy atom. The van der Waals surface area contributed by atoms with Crippen molar-refractivity contribution in [3.63, 3.8) is 0 Å². The first-order valence-corrected chi connectivity index (χ1v) is 6.86. The summed E-state index contributed by atoms with van der Waals surface area (Å²) in [5.74, 6) is -1.17. The van der Waals surface area contributed by atoms with Crippen LogP contribution in [0.5, 0.6) is 6.01 Å². The molecule has 128 valence electrons. The maximum absolute atomic E-state index is 13.5. The van der Waals surface area contributed by atoms with Gasteiger partial charge in [0.1, 0.15) is 17.3 Å². The minimum absolute atomic E-state index is 0.0817. The van der Waals surface area contributed by atoms with E-state index in [4.69, 9.17) is 4.74 Å². The second-order valence-electron chi connectivity index (χ2n) is 4.84. The molecule has 24 heavy (non-hydrogen) atoms. The Kier molecular flexibility index (Phi) is 5.40. The van der Waals surface area contributed by atoms with E-state index >= 15 is 0 Å². The third kappa shape index (κ3) is 4.24. The number of halogens is 2. The molecule has 2 aromatic rings. The zero-order chi connectivity index (χ0) is 17.7. The molecular formula is C14H16F2N6O2. The second-order valence-corrected chi connectivity index (χ2v) is 4.84. The van der Waals surface area contributed by atoms with Gasteiger partial charge in [-0.05, 0) is 12.1 Å². The van der Waals surface area contributed by atoms with Crippen LogP contribution in [-0.2, 0) is 6.54 Å². The number of aromatic nitrogens is 3. The highest BCUT2D eigenvalue weighted by Crippen LogP contribution is 2.17. The Hall–Kier alpha value is -3.04. The Balaban J connectivity index is 2.05. The predicted molar refractivity (Wildman–Crippen MR) is 82.9 cm³/mol. The van der Waals surface area contributed by atoms with Crippen molar-refractivity contribution in [2.75, 3.05) is 31.4 Å². The highest BCUT2D eigenvalue weighted by molar-refractivity contribution is 5.89. The zero-order valence-corrected chi connectivity index (χ0v) is 13.3. The van der Waals surface area contributed by atoms with E-state index in [1.807, 2.05) is 0 Å². The molecule has 0 unspecified atom stereocenters.